The van der Waals surface area contributed by atoms with Crippen LogP contribution in [0.25, 0.3) is 10.9 Å². The van der Waals surface area contributed by atoms with Gasteiger partial charge in [-0.15, -0.1) is 0 Å². The lowest BCUT2D eigenvalue weighted by molar-refractivity contribution is -0.139. The Bertz CT molecular complexity index is 744. The first-order chi connectivity index (χ1) is 11.0. The number of ether oxygens (including phenoxy) is 1. The van der Waals surface area contributed by atoms with E-state index in [-0.39, 0.29) is 25.5 Å². The Balaban J connectivity index is 1.78. The first kappa shape index (κ1) is 15.6. The number of aliphatic carboxylic acids is 1. The average Bonchev–Trinajstić information content (AvgIpc) is 3.04. The second-order valence-electron chi connectivity index (χ2n) is 6.13. The fourth-order valence-electron chi connectivity index (χ4n) is 3.22. The van der Waals surface area contributed by atoms with Crippen LogP contribution < -0.4 is 5.32 Å². The number of hydrogen-bond acceptors (Lipinski definition) is 3. The van der Waals surface area contributed by atoms with Gasteiger partial charge in [0.2, 0.25) is 5.91 Å². The number of carboxylic acids is 1. The van der Waals surface area contributed by atoms with Crippen molar-refractivity contribution in [3.05, 3.63) is 36.0 Å². The second-order valence-corrected chi connectivity index (χ2v) is 6.13. The fraction of sp³-hybridized carbons (Fsp3) is 0.412. The number of fused-ring (bicyclic) bond motifs is 1. The quantitative estimate of drug-likeness (QED) is 0.880. The topological polar surface area (TPSA) is 80.6 Å². The first-order valence-corrected chi connectivity index (χ1v) is 7.65. The van der Waals surface area contributed by atoms with Crippen LogP contribution in [0.1, 0.15) is 18.5 Å². The fourth-order valence-corrected chi connectivity index (χ4v) is 3.22. The lowest BCUT2D eigenvalue weighted by Crippen LogP contribution is -2.51. The predicted octanol–water partition coefficient (Wildman–Crippen LogP) is 1.70. The van der Waals surface area contributed by atoms with Crippen molar-refractivity contribution in [1.82, 2.24) is 9.88 Å². The molecule has 2 N–H and O–H groups in total. The van der Waals surface area contributed by atoms with Crippen LogP contribution >= 0.6 is 0 Å². The zero-order chi connectivity index (χ0) is 16.4. The molecule has 1 fully saturated rings. The summed E-state index contributed by atoms with van der Waals surface area (Å²) in [7, 11) is 0. The van der Waals surface area contributed by atoms with Crippen LogP contribution in [0, 0.1) is 6.92 Å². The van der Waals surface area contributed by atoms with Crippen LogP contribution in [-0.4, -0.2) is 40.3 Å². The SMILES string of the molecule is Cc1cc2ccccc2n1CC(=O)NC1(CC(=O)O)CCOC1. The summed E-state index contributed by atoms with van der Waals surface area (Å²) in [6, 6.07) is 9.92. The van der Waals surface area contributed by atoms with Crippen LogP contribution in [0.3, 0.4) is 0 Å². The zero-order valence-corrected chi connectivity index (χ0v) is 13.0. The highest BCUT2D eigenvalue weighted by atomic mass is 16.5. The molecule has 1 aliphatic heterocycles. The van der Waals surface area contributed by atoms with Crippen LogP contribution in [0.4, 0.5) is 0 Å². The number of benzene rings is 1. The van der Waals surface area contributed by atoms with E-state index >= 15 is 0 Å². The molecule has 0 bridgehead atoms. The molecular formula is C17H20N2O4. The van der Waals surface area contributed by atoms with E-state index in [1.807, 2.05) is 41.8 Å². The number of para-hydroxylation sites is 1. The molecular weight excluding hydrogens is 296 g/mol. The number of aryl methyl sites for hydroxylation is 1. The molecule has 1 aromatic heterocycles. The number of rotatable bonds is 5. The Morgan fingerprint density at radius 2 is 2.17 bits per heavy atom. The summed E-state index contributed by atoms with van der Waals surface area (Å²) in [5, 5.41) is 13.1. The molecule has 23 heavy (non-hydrogen) atoms. The van der Waals surface area contributed by atoms with E-state index in [9.17, 15) is 9.59 Å². The Kier molecular flexibility index (Phi) is 4.09. The summed E-state index contributed by atoms with van der Waals surface area (Å²) in [5.41, 5.74) is 1.20. The number of nitrogens with zero attached hydrogens (tertiary/aromatic N) is 1. The molecule has 0 spiro atoms. The minimum atomic E-state index is -0.932. The molecule has 1 atom stereocenters. The third-order valence-electron chi connectivity index (χ3n) is 4.32. The number of carbonyl (C=O) groups excluding carboxylic acids is 1. The van der Waals surface area contributed by atoms with Gasteiger partial charge in [-0.1, -0.05) is 18.2 Å². The van der Waals surface area contributed by atoms with Gasteiger partial charge in [0.25, 0.3) is 0 Å². The molecule has 0 radical (unpaired) electrons. The van der Waals surface area contributed by atoms with E-state index in [0.29, 0.717) is 13.0 Å². The molecule has 1 aromatic carbocycles. The summed E-state index contributed by atoms with van der Waals surface area (Å²) in [4.78, 5) is 23.5. The van der Waals surface area contributed by atoms with Gasteiger partial charge in [-0.2, -0.15) is 0 Å². The minimum absolute atomic E-state index is 0.121. The molecule has 6 heteroatoms. The molecule has 2 heterocycles. The second kappa shape index (κ2) is 6.04. The van der Waals surface area contributed by atoms with Gasteiger partial charge in [-0.05, 0) is 30.9 Å². The van der Waals surface area contributed by atoms with Gasteiger partial charge < -0.3 is 19.7 Å². The average molecular weight is 316 g/mol. The van der Waals surface area contributed by atoms with Crippen molar-refractivity contribution in [3.8, 4) is 0 Å². The van der Waals surface area contributed by atoms with Crippen molar-refractivity contribution in [3.63, 3.8) is 0 Å². The molecule has 0 aliphatic carbocycles. The molecule has 122 valence electrons. The number of aromatic nitrogens is 1. The van der Waals surface area contributed by atoms with Crippen molar-refractivity contribution >= 4 is 22.8 Å². The predicted molar refractivity (Wildman–Crippen MR) is 85.2 cm³/mol. The highest BCUT2D eigenvalue weighted by molar-refractivity contribution is 5.85. The maximum Gasteiger partial charge on any atom is 0.305 e. The van der Waals surface area contributed by atoms with E-state index in [1.54, 1.807) is 0 Å². The molecule has 0 saturated carbocycles. The monoisotopic (exact) mass is 316 g/mol. The highest BCUT2D eigenvalue weighted by Crippen LogP contribution is 2.23. The summed E-state index contributed by atoms with van der Waals surface area (Å²) in [6.45, 7) is 2.84. The Morgan fingerprint density at radius 3 is 2.87 bits per heavy atom. The maximum absolute atomic E-state index is 12.5. The van der Waals surface area contributed by atoms with Gasteiger partial charge >= 0.3 is 5.97 Å². The third-order valence-corrected chi connectivity index (χ3v) is 4.32. The van der Waals surface area contributed by atoms with E-state index in [1.165, 1.54) is 0 Å². The summed E-state index contributed by atoms with van der Waals surface area (Å²) in [6.07, 6.45) is 0.403. The summed E-state index contributed by atoms with van der Waals surface area (Å²) >= 11 is 0. The van der Waals surface area contributed by atoms with E-state index in [0.717, 1.165) is 16.6 Å². The van der Waals surface area contributed by atoms with Crippen LogP contribution in [0.5, 0.6) is 0 Å². The number of hydrogen-bond donors (Lipinski definition) is 2. The van der Waals surface area contributed by atoms with Crippen molar-refractivity contribution in [2.45, 2.75) is 31.8 Å². The molecule has 1 saturated heterocycles. The molecule has 1 unspecified atom stereocenters. The van der Waals surface area contributed by atoms with Crippen molar-refractivity contribution < 1.29 is 19.4 Å². The highest BCUT2D eigenvalue weighted by Gasteiger charge is 2.38. The van der Waals surface area contributed by atoms with Crippen molar-refractivity contribution in [2.24, 2.45) is 0 Å². The lowest BCUT2D eigenvalue weighted by atomic mass is 9.94. The Morgan fingerprint density at radius 1 is 1.39 bits per heavy atom. The Hall–Kier alpha value is -2.34. The van der Waals surface area contributed by atoms with Gasteiger partial charge in [-0.3, -0.25) is 9.59 Å². The maximum atomic E-state index is 12.5. The normalized spacial score (nSPS) is 20.7. The zero-order valence-electron chi connectivity index (χ0n) is 13.0. The van der Waals surface area contributed by atoms with Crippen molar-refractivity contribution in [1.29, 1.82) is 0 Å². The van der Waals surface area contributed by atoms with Crippen LogP contribution in [-0.2, 0) is 20.9 Å². The molecule has 1 aliphatic rings. The Labute approximate surface area is 134 Å². The first-order valence-electron chi connectivity index (χ1n) is 7.65. The van der Waals surface area contributed by atoms with Gasteiger partial charge in [-0.25, -0.2) is 0 Å². The number of carbonyl (C=O) groups is 2. The van der Waals surface area contributed by atoms with Crippen molar-refractivity contribution in [2.75, 3.05) is 13.2 Å². The van der Waals surface area contributed by atoms with Gasteiger partial charge in [0.05, 0.1) is 18.6 Å². The minimum Gasteiger partial charge on any atom is -0.481 e. The molecule has 2 aromatic rings. The molecule has 3 rings (SSSR count). The van der Waals surface area contributed by atoms with E-state index in [2.05, 4.69) is 5.32 Å². The smallest absolute Gasteiger partial charge is 0.305 e. The van der Waals surface area contributed by atoms with Gasteiger partial charge in [0.1, 0.15) is 6.54 Å². The summed E-state index contributed by atoms with van der Waals surface area (Å²) < 4.78 is 7.25. The number of nitrogens with one attached hydrogen (secondary N) is 1. The van der Waals surface area contributed by atoms with Crippen LogP contribution in [0.2, 0.25) is 0 Å². The third kappa shape index (κ3) is 3.22. The van der Waals surface area contributed by atoms with Gasteiger partial charge in [0, 0.05) is 17.8 Å². The molecule has 1 amide bonds. The summed E-state index contributed by atoms with van der Waals surface area (Å²) in [5.74, 6) is -1.13. The number of amides is 1. The standard InChI is InChI=1S/C17H20N2O4/c1-12-8-13-4-2-3-5-14(13)19(12)10-15(20)18-17(9-16(21)22)6-7-23-11-17/h2-5,8H,6-7,9-11H2,1H3,(H,18,20)(H,21,22). The number of carboxylic acid groups (broad SMARTS) is 1. The van der Waals surface area contributed by atoms with Crippen LogP contribution in [0.15, 0.2) is 30.3 Å². The lowest BCUT2D eigenvalue weighted by Gasteiger charge is -2.27. The largest absolute Gasteiger partial charge is 0.481 e. The molecule has 6 nitrogen and oxygen atoms in total. The van der Waals surface area contributed by atoms with E-state index < -0.39 is 11.5 Å². The van der Waals surface area contributed by atoms with Gasteiger partial charge in [0.15, 0.2) is 0 Å². The van der Waals surface area contributed by atoms with E-state index in [4.69, 9.17) is 9.84 Å².